The van der Waals surface area contributed by atoms with Crippen LogP contribution in [-0.4, -0.2) is 27.0 Å². The molecule has 1 aromatic heterocycles. The topological polar surface area (TPSA) is 105 Å². The highest BCUT2D eigenvalue weighted by atomic mass is 16.6. The number of hydrogen-bond donors (Lipinski definition) is 2. The molecule has 1 saturated carbocycles. The Morgan fingerprint density at radius 2 is 2.05 bits per heavy atom. The van der Waals surface area contributed by atoms with E-state index < -0.39 is 10.9 Å². The van der Waals surface area contributed by atoms with Crippen molar-refractivity contribution in [1.29, 1.82) is 0 Å². The standard InChI is InChI=1S/C12H15N3O4/c16-12(17)8-1-3-9(4-2-8)14-10-5-6-11(13-7-10)15(18)19/h5-9,14H,1-4H2,(H,16,17). The van der Waals surface area contributed by atoms with Crippen molar-refractivity contribution in [2.45, 2.75) is 31.7 Å². The summed E-state index contributed by atoms with van der Waals surface area (Å²) >= 11 is 0. The zero-order valence-electron chi connectivity index (χ0n) is 10.3. The molecule has 0 spiro atoms. The van der Waals surface area contributed by atoms with Gasteiger partial charge in [-0.15, -0.1) is 0 Å². The first-order valence-electron chi connectivity index (χ1n) is 6.16. The molecule has 1 heterocycles. The van der Waals surface area contributed by atoms with Gasteiger partial charge in [0, 0.05) is 12.1 Å². The third-order valence-corrected chi connectivity index (χ3v) is 3.38. The van der Waals surface area contributed by atoms with Gasteiger partial charge in [-0.2, -0.15) is 0 Å². The van der Waals surface area contributed by atoms with Gasteiger partial charge in [-0.3, -0.25) is 4.79 Å². The van der Waals surface area contributed by atoms with E-state index in [9.17, 15) is 14.9 Å². The van der Waals surface area contributed by atoms with Crippen molar-refractivity contribution in [3.8, 4) is 0 Å². The van der Waals surface area contributed by atoms with Crippen LogP contribution >= 0.6 is 0 Å². The number of carbonyl (C=O) groups is 1. The van der Waals surface area contributed by atoms with Crippen LogP contribution in [0.2, 0.25) is 0 Å². The lowest BCUT2D eigenvalue weighted by Crippen LogP contribution is -2.29. The van der Waals surface area contributed by atoms with Gasteiger partial charge in [-0.25, -0.2) is 0 Å². The molecule has 0 atom stereocenters. The van der Waals surface area contributed by atoms with E-state index >= 15 is 0 Å². The van der Waals surface area contributed by atoms with Crippen molar-refractivity contribution in [3.63, 3.8) is 0 Å². The summed E-state index contributed by atoms with van der Waals surface area (Å²) in [5, 5.41) is 22.6. The Hall–Kier alpha value is -2.18. The Morgan fingerprint density at radius 3 is 2.53 bits per heavy atom. The van der Waals surface area contributed by atoms with Gasteiger partial charge in [0.15, 0.2) is 6.20 Å². The van der Waals surface area contributed by atoms with Crippen molar-refractivity contribution in [1.82, 2.24) is 4.98 Å². The number of aromatic nitrogens is 1. The zero-order valence-corrected chi connectivity index (χ0v) is 10.3. The first-order chi connectivity index (χ1) is 9.06. The van der Waals surface area contributed by atoms with Gasteiger partial charge in [-0.1, -0.05) is 0 Å². The molecule has 0 radical (unpaired) electrons. The zero-order chi connectivity index (χ0) is 13.8. The maximum Gasteiger partial charge on any atom is 0.363 e. The van der Waals surface area contributed by atoms with Crippen molar-refractivity contribution in [2.75, 3.05) is 5.32 Å². The summed E-state index contributed by atoms with van der Waals surface area (Å²) in [6.45, 7) is 0. The molecule has 0 unspecified atom stereocenters. The number of nitrogens with one attached hydrogen (secondary N) is 1. The monoisotopic (exact) mass is 265 g/mol. The predicted molar refractivity (Wildman–Crippen MR) is 67.9 cm³/mol. The van der Waals surface area contributed by atoms with E-state index in [4.69, 9.17) is 5.11 Å². The van der Waals surface area contributed by atoms with Gasteiger partial charge >= 0.3 is 11.8 Å². The Balaban J connectivity index is 1.88. The minimum Gasteiger partial charge on any atom is -0.481 e. The number of nitrogens with zero attached hydrogens (tertiary/aromatic N) is 2. The molecule has 2 rings (SSSR count). The van der Waals surface area contributed by atoms with Crippen molar-refractivity contribution in [3.05, 3.63) is 28.4 Å². The molecule has 1 fully saturated rings. The molecule has 19 heavy (non-hydrogen) atoms. The Morgan fingerprint density at radius 1 is 1.37 bits per heavy atom. The molecule has 1 aliphatic rings. The molecule has 102 valence electrons. The molecule has 2 N–H and O–H groups in total. The highest BCUT2D eigenvalue weighted by Crippen LogP contribution is 2.26. The van der Waals surface area contributed by atoms with Crippen LogP contribution in [0.1, 0.15) is 25.7 Å². The van der Waals surface area contributed by atoms with Crippen molar-refractivity contribution < 1.29 is 14.8 Å². The van der Waals surface area contributed by atoms with Crippen molar-refractivity contribution in [2.24, 2.45) is 5.92 Å². The van der Waals surface area contributed by atoms with Crippen LogP contribution in [0.25, 0.3) is 0 Å². The summed E-state index contributed by atoms with van der Waals surface area (Å²) in [4.78, 5) is 24.5. The normalized spacial score (nSPS) is 22.7. The highest BCUT2D eigenvalue weighted by Gasteiger charge is 2.25. The van der Waals surface area contributed by atoms with Gasteiger partial charge in [0.25, 0.3) is 0 Å². The van der Waals surface area contributed by atoms with Gasteiger partial charge in [0.1, 0.15) is 0 Å². The van der Waals surface area contributed by atoms with Crippen LogP contribution in [0.3, 0.4) is 0 Å². The lowest BCUT2D eigenvalue weighted by atomic mass is 9.86. The maximum absolute atomic E-state index is 10.8. The van der Waals surface area contributed by atoms with E-state index in [0.29, 0.717) is 12.8 Å². The van der Waals surface area contributed by atoms with Gasteiger partial charge in [-0.05, 0) is 41.7 Å². The number of rotatable bonds is 4. The summed E-state index contributed by atoms with van der Waals surface area (Å²) < 4.78 is 0. The van der Waals surface area contributed by atoms with Crippen LogP contribution in [0.15, 0.2) is 18.3 Å². The SMILES string of the molecule is O=C(O)C1CCC(Nc2ccc([N+](=O)[O-])nc2)CC1. The first-order valence-corrected chi connectivity index (χ1v) is 6.16. The van der Waals surface area contributed by atoms with Crippen LogP contribution < -0.4 is 5.32 Å². The van der Waals surface area contributed by atoms with Crippen LogP contribution in [0.5, 0.6) is 0 Å². The summed E-state index contributed by atoms with van der Waals surface area (Å²) in [5.41, 5.74) is 0.726. The fourth-order valence-electron chi connectivity index (χ4n) is 2.30. The smallest absolute Gasteiger partial charge is 0.363 e. The molecule has 0 aromatic carbocycles. The van der Waals surface area contributed by atoms with Gasteiger partial charge in [0.2, 0.25) is 0 Å². The number of carboxylic acid groups (broad SMARTS) is 1. The third kappa shape index (κ3) is 3.40. The molecular weight excluding hydrogens is 250 g/mol. The van der Waals surface area contributed by atoms with Crippen LogP contribution in [0, 0.1) is 16.0 Å². The lowest BCUT2D eigenvalue weighted by molar-refractivity contribution is -0.389. The average Bonchev–Trinajstić information content (AvgIpc) is 2.40. The van der Waals surface area contributed by atoms with E-state index in [1.54, 1.807) is 6.07 Å². The van der Waals surface area contributed by atoms with Crippen molar-refractivity contribution >= 4 is 17.5 Å². The molecule has 0 amide bonds. The number of aliphatic carboxylic acids is 1. The quantitative estimate of drug-likeness (QED) is 0.637. The minimum absolute atomic E-state index is 0.180. The second-order valence-electron chi connectivity index (χ2n) is 4.69. The van der Waals surface area contributed by atoms with E-state index in [1.807, 2.05) is 0 Å². The minimum atomic E-state index is -0.726. The maximum atomic E-state index is 10.8. The van der Waals surface area contributed by atoms with E-state index in [2.05, 4.69) is 10.3 Å². The second-order valence-corrected chi connectivity index (χ2v) is 4.69. The molecule has 1 aromatic rings. The van der Waals surface area contributed by atoms with Crippen LogP contribution in [-0.2, 0) is 4.79 Å². The first kappa shape index (κ1) is 13.3. The molecule has 0 aliphatic heterocycles. The highest BCUT2D eigenvalue weighted by molar-refractivity contribution is 5.70. The molecule has 7 nitrogen and oxygen atoms in total. The Labute approximate surface area is 109 Å². The van der Waals surface area contributed by atoms with E-state index in [1.165, 1.54) is 12.3 Å². The number of hydrogen-bond acceptors (Lipinski definition) is 5. The fourth-order valence-corrected chi connectivity index (χ4v) is 2.30. The second kappa shape index (κ2) is 5.64. The molecule has 0 saturated heterocycles. The number of carboxylic acids is 1. The molecule has 7 heteroatoms. The Kier molecular flexibility index (Phi) is 3.94. The molecule has 1 aliphatic carbocycles. The fraction of sp³-hybridized carbons (Fsp3) is 0.500. The predicted octanol–water partition coefficient (Wildman–Crippen LogP) is 2.05. The number of pyridine rings is 1. The lowest BCUT2D eigenvalue weighted by Gasteiger charge is -2.27. The summed E-state index contributed by atoms with van der Waals surface area (Å²) in [6.07, 6.45) is 4.32. The number of nitro groups is 1. The summed E-state index contributed by atoms with van der Waals surface area (Å²) in [5.74, 6) is -1.15. The average molecular weight is 265 g/mol. The number of anilines is 1. The molecular formula is C12H15N3O4. The summed E-state index contributed by atoms with van der Waals surface area (Å²) in [7, 11) is 0. The van der Waals surface area contributed by atoms with Gasteiger partial charge in [0.05, 0.1) is 11.6 Å². The Bertz CT molecular complexity index is 466. The van der Waals surface area contributed by atoms with Crippen LogP contribution in [0.4, 0.5) is 11.5 Å². The van der Waals surface area contributed by atoms with E-state index in [-0.39, 0.29) is 17.8 Å². The largest absolute Gasteiger partial charge is 0.481 e. The third-order valence-electron chi connectivity index (χ3n) is 3.38. The van der Waals surface area contributed by atoms with E-state index in [0.717, 1.165) is 18.5 Å². The van der Waals surface area contributed by atoms with Gasteiger partial charge < -0.3 is 20.5 Å². The summed E-state index contributed by atoms with van der Waals surface area (Å²) in [6, 6.07) is 3.18. The molecule has 0 bridgehead atoms.